The zero-order valence-corrected chi connectivity index (χ0v) is 22.5. The van der Waals surface area contributed by atoms with Gasteiger partial charge in [0.15, 0.2) is 5.79 Å². The molecule has 0 N–H and O–H groups in total. The van der Waals surface area contributed by atoms with Crippen molar-refractivity contribution in [3.8, 4) is 0 Å². The molecule has 4 heteroatoms. The molecule has 2 heterocycles. The van der Waals surface area contributed by atoms with Gasteiger partial charge in [-0.25, -0.2) is 0 Å². The smallest absolute Gasteiger partial charge is 0.302 e. The van der Waals surface area contributed by atoms with Crippen molar-refractivity contribution in [2.75, 3.05) is 6.61 Å². The average molecular weight is 473 g/mol. The van der Waals surface area contributed by atoms with Gasteiger partial charge in [-0.2, -0.15) is 0 Å². The Kier molecular flexibility index (Phi) is 5.55. The van der Waals surface area contributed by atoms with Crippen LogP contribution >= 0.6 is 0 Å². The average Bonchev–Trinajstić information content (AvgIpc) is 3.23. The number of hydrogen-bond donors (Lipinski definition) is 0. The SMILES string of the molecule is CC(=O)O[C@H]1CC2C(CC[C@@H]3CC(C)CC[C@]23C)C2CC3OC4(CCC(C)CO4)[C@@H](C)C3[C@]21C. The first-order valence-electron chi connectivity index (χ1n) is 14.6. The molecule has 2 aliphatic heterocycles. The third-order valence-electron chi connectivity index (χ3n) is 12.6. The van der Waals surface area contributed by atoms with Crippen LogP contribution in [0.1, 0.15) is 99.3 Å². The quantitative estimate of drug-likeness (QED) is 0.403. The van der Waals surface area contributed by atoms with E-state index in [-0.39, 0.29) is 23.6 Å². The van der Waals surface area contributed by atoms with Crippen LogP contribution in [0, 0.1) is 58.2 Å². The van der Waals surface area contributed by atoms with E-state index in [1.54, 1.807) is 6.92 Å². The van der Waals surface area contributed by atoms with Crippen molar-refractivity contribution in [1.82, 2.24) is 0 Å². The Bertz CT molecular complexity index is 817. The molecule has 4 aliphatic carbocycles. The lowest BCUT2D eigenvalue weighted by Crippen LogP contribution is -2.60. The second-order valence-electron chi connectivity index (χ2n) is 14.2. The van der Waals surface area contributed by atoms with Crippen molar-refractivity contribution in [1.29, 1.82) is 0 Å². The molecule has 1 spiro atoms. The highest BCUT2D eigenvalue weighted by Gasteiger charge is 2.72. The molecule has 34 heavy (non-hydrogen) atoms. The zero-order chi connectivity index (χ0) is 24.0. The van der Waals surface area contributed by atoms with Gasteiger partial charge in [-0.1, -0.05) is 41.0 Å². The second kappa shape index (κ2) is 7.94. The van der Waals surface area contributed by atoms with Gasteiger partial charge in [0.05, 0.1) is 12.7 Å². The Hall–Kier alpha value is -0.610. The minimum absolute atomic E-state index is 0.00453. The van der Waals surface area contributed by atoms with Crippen LogP contribution in [0.4, 0.5) is 0 Å². The van der Waals surface area contributed by atoms with Gasteiger partial charge < -0.3 is 14.2 Å². The van der Waals surface area contributed by atoms with Crippen LogP contribution in [0.2, 0.25) is 0 Å². The molecule has 192 valence electrons. The monoisotopic (exact) mass is 472 g/mol. The van der Waals surface area contributed by atoms with Gasteiger partial charge in [0.2, 0.25) is 0 Å². The highest BCUT2D eigenvalue weighted by molar-refractivity contribution is 5.66. The Labute approximate surface area is 207 Å². The fraction of sp³-hybridized carbons (Fsp3) is 0.967. The molecule has 13 atom stereocenters. The molecule has 0 bridgehead atoms. The summed E-state index contributed by atoms with van der Waals surface area (Å²) < 4.78 is 19.8. The van der Waals surface area contributed by atoms with E-state index >= 15 is 0 Å². The summed E-state index contributed by atoms with van der Waals surface area (Å²) in [5, 5.41) is 0. The van der Waals surface area contributed by atoms with Gasteiger partial charge in [0.25, 0.3) is 0 Å². The number of ether oxygens (including phenoxy) is 3. The zero-order valence-electron chi connectivity index (χ0n) is 22.5. The number of carbonyl (C=O) groups is 1. The normalized spacial score (nSPS) is 58.5. The molecule has 0 aromatic carbocycles. The van der Waals surface area contributed by atoms with Gasteiger partial charge in [-0.15, -0.1) is 0 Å². The van der Waals surface area contributed by atoms with E-state index in [1.165, 1.54) is 38.5 Å². The van der Waals surface area contributed by atoms with Crippen LogP contribution < -0.4 is 0 Å². The van der Waals surface area contributed by atoms with Crippen molar-refractivity contribution in [2.45, 2.75) is 117 Å². The topological polar surface area (TPSA) is 44.8 Å². The Morgan fingerprint density at radius 1 is 0.912 bits per heavy atom. The summed E-state index contributed by atoms with van der Waals surface area (Å²) in [6, 6.07) is 0. The number of fused-ring (bicyclic) bond motifs is 7. The lowest BCUT2D eigenvalue weighted by Gasteiger charge is -2.63. The number of carbonyl (C=O) groups excluding carboxylic acids is 1. The summed E-state index contributed by atoms with van der Waals surface area (Å²) >= 11 is 0. The Morgan fingerprint density at radius 2 is 1.68 bits per heavy atom. The lowest BCUT2D eigenvalue weighted by molar-refractivity contribution is -0.274. The minimum Gasteiger partial charge on any atom is -0.462 e. The van der Waals surface area contributed by atoms with Crippen LogP contribution in [0.5, 0.6) is 0 Å². The fourth-order valence-electron chi connectivity index (χ4n) is 10.8. The van der Waals surface area contributed by atoms with Gasteiger partial charge in [-0.3, -0.25) is 4.79 Å². The third-order valence-corrected chi connectivity index (χ3v) is 12.6. The standard InChI is InChI=1S/C30H48O4/c1-17-9-11-28(5)21(13-17)7-8-22-23(28)15-26(33-20(4)31)29(6)24(22)14-25-27(29)19(3)30(34-25)12-10-18(2)16-32-30/h17-19,21-27H,7-16H2,1-6H3/t17?,18?,19-,21+,22?,23?,24?,25?,26-,27?,28-,29+,30?/m0/s1. The first-order valence-corrected chi connectivity index (χ1v) is 14.6. The van der Waals surface area contributed by atoms with Crippen molar-refractivity contribution >= 4 is 5.97 Å². The van der Waals surface area contributed by atoms with E-state index in [9.17, 15) is 4.79 Å². The number of hydrogen-bond acceptors (Lipinski definition) is 4. The first kappa shape index (κ1) is 23.8. The van der Waals surface area contributed by atoms with Crippen LogP contribution in [0.3, 0.4) is 0 Å². The van der Waals surface area contributed by atoms with Gasteiger partial charge in [0.1, 0.15) is 6.10 Å². The maximum absolute atomic E-state index is 12.4. The van der Waals surface area contributed by atoms with Crippen molar-refractivity contribution in [2.24, 2.45) is 58.2 Å². The summed E-state index contributed by atoms with van der Waals surface area (Å²) in [4.78, 5) is 12.4. The molecule has 6 rings (SSSR count). The minimum atomic E-state index is -0.420. The lowest BCUT2D eigenvalue weighted by atomic mass is 9.43. The predicted molar refractivity (Wildman–Crippen MR) is 132 cm³/mol. The maximum Gasteiger partial charge on any atom is 0.302 e. The summed E-state index contributed by atoms with van der Waals surface area (Å²) in [5.41, 5.74) is 0.390. The van der Waals surface area contributed by atoms with Gasteiger partial charge >= 0.3 is 5.97 Å². The maximum atomic E-state index is 12.4. The molecule has 6 fully saturated rings. The van der Waals surface area contributed by atoms with Gasteiger partial charge in [-0.05, 0) is 85.9 Å². The van der Waals surface area contributed by atoms with E-state index in [1.807, 2.05) is 0 Å². The molecule has 0 amide bonds. The molecule has 0 aromatic rings. The van der Waals surface area contributed by atoms with E-state index < -0.39 is 5.79 Å². The molecule has 2 saturated heterocycles. The Morgan fingerprint density at radius 3 is 2.38 bits per heavy atom. The first-order chi connectivity index (χ1) is 16.1. The third kappa shape index (κ3) is 3.19. The number of esters is 1. The number of rotatable bonds is 1. The molecular weight excluding hydrogens is 424 g/mol. The van der Waals surface area contributed by atoms with Crippen LogP contribution in [-0.4, -0.2) is 30.6 Å². The van der Waals surface area contributed by atoms with E-state index in [2.05, 4.69) is 34.6 Å². The molecular formula is C30H48O4. The van der Waals surface area contributed by atoms with Gasteiger partial charge in [0, 0.05) is 30.6 Å². The molecule has 6 aliphatic rings. The molecule has 4 saturated carbocycles. The van der Waals surface area contributed by atoms with E-state index in [4.69, 9.17) is 14.2 Å². The summed E-state index contributed by atoms with van der Waals surface area (Å²) in [6.07, 6.45) is 11.5. The Balaban J connectivity index is 1.34. The summed E-state index contributed by atoms with van der Waals surface area (Å²) in [7, 11) is 0. The van der Waals surface area contributed by atoms with Crippen LogP contribution in [0.25, 0.3) is 0 Å². The molecule has 8 unspecified atom stereocenters. The highest BCUT2D eigenvalue weighted by Crippen LogP contribution is 2.72. The molecule has 0 radical (unpaired) electrons. The highest BCUT2D eigenvalue weighted by atomic mass is 16.7. The van der Waals surface area contributed by atoms with Crippen LogP contribution in [-0.2, 0) is 19.0 Å². The van der Waals surface area contributed by atoms with Crippen molar-refractivity contribution < 1.29 is 19.0 Å². The fourth-order valence-corrected chi connectivity index (χ4v) is 10.8. The van der Waals surface area contributed by atoms with Crippen molar-refractivity contribution in [3.05, 3.63) is 0 Å². The van der Waals surface area contributed by atoms with E-state index in [0.29, 0.717) is 35.0 Å². The second-order valence-corrected chi connectivity index (χ2v) is 14.2. The molecule has 4 nitrogen and oxygen atoms in total. The largest absolute Gasteiger partial charge is 0.462 e. The van der Waals surface area contributed by atoms with E-state index in [0.717, 1.165) is 43.6 Å². The van der Waals surface area contributed by atoms with Crippen molar-refractivity contribution in [3.63, 3.8) is 0 Å². The predicted octanol–water partition coefficient (Wildman–Crippen LogP) is 6.61. The molecule has 0 aromatic heterocycles. The summed E-state index contributed by atoms with van der Waals surface area (Å²) in [6.45, 7) is 14.6. The summed E-state index contributed by atoms with van der Waals surface area (Å²) in [5.74, 6) is 4.56. The van der Waals surface area contributed by atoms with Crippen LogP contribution in [0.15, 0.2) is 0 Å².